The number of hydrogen-bond donors (Lipinski definition) is 3. The Labute approximate surface area is 130 Å². The molecule has 3 N–H and O–H groups in total. The summed E-state index contributed by atoms with van der Waals surface area (Å²) >= 11 is 0. The molecule has 0 heterocycles. The number of nitrogens with one attached hydrogen (secondary N) is 3. The van der Waals surface area contributed by atoms with Crippen LogP contribution in [0.3, 0.4) is 0 Å². The molecule has 1 saturated carbocycles. The van der Waals surface area contributed by atoms with E-state index >= 15 is 0 Å². The standard InChI is InChI=1S/C16H23FN4O/c1-10-4-5-12(9-13(10)17)15(22)19-6-7-20-16(18-3)21-14-8-11(14)2/h4-5,9,11,14H,6-8H2,1-3H3,(H,19,22)(H2,18,20,21). The number of amides is 1. The Morgan fingerprint density at radius 3 is 2.64 bits per heavy atom. The van der Waals surface area contributed by atoms with Gasteiger partial charge in [-0.2, -0.15) is 0 Å². The summed E-state index contributed by atoms with van der Waals surface area (Å²) < 4.78 is 13.4. The second kappa shape index (κ2) is 7.24. The molecule has 22 heavy (non-hydrogen) atoms. The molecule has 120 valence electrons. The van der Waals surface area contributed by atoms with Crippen molar-refractivity contribution in [2.24, 2.45) is 10.9 Å². The van der Waals surface area contributed by atoms with Crippen LogP contribution in [0.1, 0.15) is 29.3 Å². The number of nitrogens with zero attached hydrogens (tertiary/aromatic N) is 1. The maximum atomic E-state index is 13.4. The van der Waals surface area contributed by atoms with Crippen LogP contribution in [0.5, 0.6) is 0 Å². The van der Waals surface area contributed by atoms with Gasteiger partial charge in [0.25, 0.3) is 5.91 Å². The van der Waals surface area contributed by atoms with Crippen LogP contribution in [0.15, 0.2) is 23.2 Å². The molecule has 1 aliphatic carbocycles. The van der Waals surface area contributed by atoms with Gasteiger partial charge in [0.1, 0.15) is 5.82 Å². The van der Waals surface area contributed by atoms with Gasteiger partial charge in [-0.25, -0.2) is 4.39 Å². The topological polar surface area (TPSA) is 65.5 Å². The highest BCUT2D eigenvalue weighted by molar-refractivity contribution is 5.94. The molecule has 0 aliphatic heterocycles. The summed E-state index contributed by atoms with van der Waals surface area (Å²) in [4.78, 5) is 16.0. The Kier molecular flexibility index (Phi) is 5.35. The summed E-state index contributed by atoms with van der Waals surface area (Å²) in [6.07, 6.45) is 1.16. The fraction of sp³-hybridized carbons (Fsp3) is 0.500. The van der Waals surface area contributed by atoms with E-state index in [2.05, 4.69) is 27.9 Å². The summed E-state index contributed by atoms with van der Waals surface area (Å²) in [5.41, 5.74) is 0.861. The van der Waals surface area contributed by atoms with Crippen molar-refractivity contribution in [3.8, 4) is 0 Å². The van der Waals surface area contributed by atoms with Gasteiger partial charge in [-0.15, -0.1) is 0 Å². The number of guanidine groups is 1. The van der Waals surface area contributed by atoms with E-state index in [0.717, 1.165) is 12.4 Å². The minimum absolute atomic E-state index is 0.278. The number of benzene rings is 1. The quantitative estimate of drug-likeness (QED) is 0.438. The van der Waals surface area contributed by atoms with E-state index in [-0.39, 0.29) is 11.7 Å². The van der Waals surface area contributed by atoms with Gasteiger partial charge in [0.2, 0.25) is 0 Å². The molecule has 6 heteroatoms. The van der Waals surface area contributed by atoms with Crippen molar-refractivity contribution in [1.29, 1.82) is 0 Å². The predicted octanol–water partition coefficient (Wildman–Crippen LogP) is 1.44. The van der Waals surface area contributed by atoms with Crippen molar-refractivity contribution in [3.05, 3.63) is 35.1 Å². The van der Waals surface area contributed by atoms with Crippen molar-refractivity contribution in [2.45, 2.75) is 26.3 Å². The Morgan fingerprint density at radius 1 is 1.36 bits per heavy atom. The van der Waals surface area contributed by atoms with Crippen LogP contribution in [0, 0.1) is 18.7 Å². The molecular weight excluding hydrogens is 283 g/mol. The molecule has 1 aromatic rings. The number of halogens is 1. The van der Waals surface area contributed by atoms with E-state index in [1.165, 1.54) is 6.07 Å². The zero-order valence-electron chi connectivity index (χ0n) is 13.2. The molecule has 0 bridgehead atoms. The number of hydrogen-bond acceptors (Lipinski definition) is 2. The van der Waals surface area contributed by atoms with Crippen molar-refractivity contribution in [3.63, 3.8) is 0 Å². The molecule has 0 radical (unpaired) electrons. The predicted molar refractivity (Wildman–Crippen MR) is 85.5 cm³/mol. The maximum Gasteiger partial charge on any atom is 0.251 e. The van der Waals surface area contributed by atoms with Crippen molar-refractivity contribution >= 4 is 11.9 Å². The van der Waals surface area contributed by atoms with Gasteiger partial charge in [-0.05, 0) is 37.0 Å². The zero-order chi connectivity index (χ0) is 16.1. The van der Waals surface area contributed by atoms with Crippen LogP contribution in [0.2, 0.25) is 0 Å². The lowest BCUT2D eigenvalue weighted by atomic mass is 10.1. The van der Waals surface area contributed by atoms with E-state index in [0.29, 0.717) is 36.2 Å². The average molecular weight is 306 g/mol. The second-order valence-corrected chi connectivity index (χ2v) is 5.68. The minimum atomic E-state index is -0.367. The maximum absolute atomic E-state index is 13.4. The molecule has 0 spiro atoms. The van der Waals surface area contributed by atoms with Gasteiger partial charge in [0, 0.05) is 31.7 Å². The first kappa shape index (κ1) is 16.3. The highest BCUT2D eigenvalue weighted by Crippen LogP contribution is 2.28. The van der Waals surface area contributed by atoms with Crippen LogP contribution < -0.4 is 16.0 Å². The summed E-state index contributed by atoms with van der Waals surface area (Å²) in [7, 11) is 1.72. The molecule has 1 aromatic carbocycles. The van der Waals surface area contributed by atoms with Crippen molar-refractivity contribution in [1.82, 2.24) is 16.0 Å². The van der Waals surface area contributed by atoms with Crippen molar-refractivity contribution < 1.29 is 9.18 Å². The Hall–Kier alpha value is -2.11. The number of aliphatic imine (C=N–C) groups is 1. The molecule has 1 fully saturated rings. The lowest BCUT2D eigenvalue weighted by molar-refractivity contribution is 0.0954. The minimum Gasteiger partial charge on any atom is -0.355 e. The molecule has 1 amide bonds. The molecule has 5 nitrogen and oxygen atoms in total. The SMILES string of the molecule is CN=C(NCCNC(=O)c1ccc(C)c(F)c1)NC1CC1C. The van der Waals surface area contributed by atoms with E-state index in [1.807, 2.05) is 0 Å². The Balaban J connectivity index is 1.71. The van der Waals surface area contributed by atoms with E-state index in [4.69, 9.17) is 0 Å². The second-order valence-electron chi connectivity index (χ2n) is 5.68. The van der Waals surface area contributed by atoms with Gasteiger partial charge in [-0.3, -0.25) is 9.79 Å². The number of carbonyl (C=O) groups is 1. The summed E-state index contributed by atoms with van der Waals surface area (Å²) in [6, 6.07) is 4.98. The summed E-state index contributed by atoms with van der Waals surface area (Å²) in [6.45, 7) is 4.85. The first-order chi connectivity index (χ1) is 10.5. The van der Waals surface area contributed by atoms with Gasteiger partial charge >= 0.3 is 0 Å². The highest BCUT2D eigenvalue weighted by atomic mass is 19.1. The zero-order valence-corrected chi connectivity index (χ0v) is 13.2. The van der Waals surface area contributed by atoms with Crippen LogP contribution in [0.4, 0.5) is 4.39 Å². The number of carbonyl (C=O) groups excluding carboxylic acids is 1. The van der Waals surface area contributed by atoms with Gasteiger partial charge in [0.05, 0.1) is 0 Å². The number of rotatable bonds is 5. The number of aryl methyl sites for hydroxylation is 1. The summed E-state index contributed by atoms with van der Waals surface area (Å²) in [5.74, 6) is 0.785. The third kappa shape index (κ3) is 4.44. The molecule has 1 aliphatic rings. The smallest absolute Gasteiger partial charge is 0.251 e. The van der Waals surface area contributed by atoms with Crippen LogP contribution in [0.25, 0.3) is 0 Å². The average Bonchev–Trinajstić information content (AvgIpc) is 3.20. The van der Waals surface area contributed by atoms with E-state index < -0.39 is 0 Å². The monoisotopic (exact) mass is 306 g/mol. The third-order valence-corrected chi connectivity index (χ3v) is 3.79. The molecule has 2 rings (SSSR count). The molecule has 0 saturated heterocycles. The first-order valence-corrected chi connectivity index (χ1v) is 7.52. The Morgan fingerprint density at radius 2 is 2.05 bits per heavy atom. The van der Waals surface area contributed by atoms with Crippen LogP contribution in [-0.4, -0.2) is 38.0 Å². The molecular formula is C16H23FN4O. The van der Waals surface area contributed by atoms with Gasteiger partial charge in [-0.1, -0.05) is 13.0 Å². The largest absolute Gasteiger partial charge is 0.355 e. The third-order valence-electron chi connectivity index (χ3n) is 3.79. The fourth-order valence-electron chi connectivity index (χ4n) is 2.09. The lowest BCUT2D eigenvalue weighted by Gasteiger charge is -2.12. The fourth-order valence-corrected chi connectivity index (χ4v) is 2.09. The van der Waals surface area contributed by atoms with Crippen molar-refractivity contribution in [2.75, 3.05) is 20.1 Å². The lowest BCUT2D eigenvalue weighted by Crippen LogP contribution is -2.42. The van der Waals surface area contributed by atoms with Crippen LogP contribution in [-0.2, 0) is 0 Å². The molecule has 2 atom stereocenters. The molecule has 0 aromatic heterocycles. The van der Waals surface area contributed by atoms with E-state index in [1.54, 1.807) is 26.1 Å². The van der Waals surface area contributed by atoms with Gasteiger partial charge < -0.3 is 16.0 Å². The van der Waals surface area contributed by atoms with E-state index in [9.17, 15) is 9.18 Å². The van der Waals surface area contributed by atoms with Crippen LogP contribution >= 0.6 is 0 Å². The summed E-state index contributed by atoms with van der Waals surface area (Å²) in [5, 5.41) is 9.19. The van der Waals surface area contributed by atoms with Gasteiger partial charge in [0.15, 0.2) is 5.96 Å². The molecule has 2 unspecified atom stereocenters. The normalized spacial score (nSPS) is 20.5. The first-order valence-electron chi connectivity index (χ1n) is 7.52. The highest BCUT2D eigenvalue weighted by Gasteiger charge is 2.33. The Bertz CT molecular complexity index is 573.